The highest BCUT2D eigenvalue weighted by Crippen LogP contribution is 2.35. The molecule has 4 nitrogen and oxygen atoms in total. The van der Waals surface area contributed by atoms with Gasteiger partial charge in [0.05, 0.1) is 25.2 Å². The van der Waals surface area contributed by atoms with Crippen LogP contribution in [0, 0.1) is 5.92 Å². The minimum atomic E-state index is -0.0576. The molecule has 1 heterocycles. The fraction of sp³-hybridized carbons (Fsp3) is 0.562. The molecule has 0 radical (unpaired) electrons. The Hall–Kier alpha value is -1.39. The third-order valence-corrected chi connectivity index (χ3v) is 4.68. The summed E-state index contributed by atoms with van der Waals surface area (Å²) in [7, 11) is 3.82. The summed E-state index contributed by atoms with van der Waals surface area (Å²) in [5.41, 5.74) is 2.69. The first kappa shape index (κ1) is 13.6. The molecule has 1 aromatic carbocycles. The highest BCUT2D eigenvalue weighted by Gasteiger charge is 2.38. The number of hydrogen-bond donors (Lipinski definition) is 1. The molecule has 3 atom stereocenters. The number of amides is 1. The molecule has 0 spiro atoms. The second-order valence-electron chi connectivity index (χ2n) is 5.74. The molecule has 2 aliphatic rings. The van der Waals surface area contributed by atoms with E-state index in [-0.39, 0.29) is 23.9 Å². The first-order valence-corrected chi connectivity index (χ1v) is 7.32. The summed E-state index contributed by atoms with van der Waals surface area (Å²) in [5.74, 6) is 0.140. The van der Waals surface area contributed by atoms with E-state index in [1.165, 1.54) is 11.1 Å². The molecule has 1 aromatic rings. The zero-order chi connectivity index (χ0) is 14.1. The van der Waals surface area contributed by atoms with Crippen molar-refractivity contribution in [2.75, 3.05) is 27.3 Å². The normalized spacial score (nSPS) is 28.4. The van der Waals surface area contributed by atoms with E-state index in [0.29, 0.717) is 13.2 Å². The average molecular weight is 274 g/mol. The maximum atomic E-state index is 12.7. The van der Waals surface area contributed by atoms with Crippen molar-refractivity contribution in [3.05, 3.63) is 35.4 Å². The van der Waals surface area contributed by atoms with Crippen molar-refractivity contribution >= 4 is 5.91 Å². The van der Waals surface area contributed by atoms with Crippen LogP contribution in [0.25, 0.3) is 0 Å². The molecule has 1 fully saturated rings. The number of benzene rings is 1. The third kappa shape index (κ3) is 2.23. The SMILES string of the molecule is CNC1COCC1C(=O)N(C)C1CCc2ccccc21. The first-order chi connectivity index (χ1) is 9.72. The molecular formula is C16H22N2O2. The van der Waals surface area contributed by atoms with Gasteiger partial charge in [-0.3, -0.25) is 4.79 Å². The number of carbonyl (C=O) groups excluding carboxylic acids is 1. The van der Waals surface area contributed by atoms with Crippen LogP contribution >= 0.6 is 0 Å². The van der Waals surface area contributed by atoms with Crippen molar-refractivity contribution in [2.24, 2.45) is 5.92 Å². The van der Waals surface area contributed by atoms with Gasteiger partial charge in [0.2, 0.25) is 5.91 Å². The lowest BCUT2D eigenvalue weighted by Crippen LogP contribution is -2.44. The van der Waals surface area contributed by atoms with Crippen LogP contribution in [0.2, 0.25) is 0 Å². The topological polar surface area (TPSA) is 41.6 Å². The number of nitrogens with one attached hydrogen (secondary N) is 1. The Kier molecular flexibility index (Phi) is 3.76. The van der Waals surface area contributed by atoms with Crippen molar-refractivity contribution in [3.8, 4) is 0 Å². The Morgan fingerprint density at radius 2 is 2.15 bits per heavy atom. The smallest absolute Gasteiger partial charge is 0.229 e. The first-order valence-electron chi connectivity index (χ1n) is 7.32. The molecule has 20 heavy (non-hydrogen) atoms. The molecule has 108 valence electrons. The molecule has 3 rings (SSSR count). The van der Waals surface area contributed by atoms with Gasteiger partial charge in [-0.1, -0.05) is 24.3 Å². The molecule has 1 aliphatic carbocycles. The van der Waals surface area contributed by atoms with Crippen LogP contribution in [0.3, 0.4) is 0 Å². The molecule has 0 bridgehead atoms. The summed E-state index contributed by atoms with van der Waals surface area (Å²) in [4.78, 5) is 14.6. The van der Waals surface area contributed by atoms with E-state index < -0.39 is 0 Å². The number of nitrogens with zero attached hydrogens (tertiary/aromatic N) is 1. The average Bonchev–Trinajstić information content (AvgIpc) is 3.12. The van der Waals surface area contributed by atoms with E-state index in [1.807, 2.05) is 19.0 Å². The van der Waals surface area contributed by atoms with Crippen LogP contribution in [-0.4, -0.2) is 44.2 Å². The van der Waals surface area contributed by atoms with Gasteiger partial charge in [0.25, 0.3) is 0 Å². The van der Waals surface area contributed by atoms with Crippen LogP contribution < -0.4 is 5.32 Å². The van der Waals surface area contributed by atoms with Crippen LogP contribution in [0.15, 0.2) is 24.3 Å². The minimum Gasteiger partial charge on any atom is -0.379 e. The van der Waals surface area contributed by atoms with Crippen LogP contribution in [0.4, 0.5) is 0 Å². The van der Waals surface area contributed by atoms with E-state index in [9.17, 15) is 4.79 Å². The fourth-order valence-electron chi connectivity index (χ4n) is 3.43. The number of fused-ring (bicyclic) bond motifs is 1. The van der Waals surface area contributed by atoms with E-state index in [4.69, 9.17) is 4.74 Å². The van der Waals surface area contributed by atoms with Gasteiger partial charge in [-0.15, -0.1) is 0 Å². The van der Waals surface area contributed by atoms with E-state index >= 15 is 0 Å². The van der Waals surface area contributed by atoms with Gasteiger partial charge in [-0.2, -0.15) is 0 Å². The highest BCUT2D eigenvalue weighted by molar-refractivity contribution is 5.80. The van der Waals surface area contributed by atoms with Crippen LogP contribution in [0.1, 0.15) is 23.6 Å². The molecule has 3 unspecified atom stereocenters. The lowest BCUT2D eigenvalue weighted by Gasteiger charge is -2.29. The summed E-state index contributed by atoms with van der Waals surface area (Å²) in [6.45, 7) is 1.16. The summed E-state index contributed by atoms with van der Waals surface area (Å²) in [6.07, 6.45) is 2.09. The summed E-state index contributed by atoms with van der Waals surface area (Å²) >= 11 is 0. The van der Waals surface area contributed by atoms with Gasteiger partial charge in [-0.05, 0) is 31.0 Å². The maximum Gasteiger partial charge on any atom is 0.229 e. The van der Waals surface area contributed by atoms with Crippen molar-refractivity contribution in [1.29, 1.82) is 0 Å². The van der Waals surface area contributed by atoms with Crippen molar-refractivity contribution in [3.63, 3.8) is 0 Å². The zero-order valence-electron chi connectivity index (χ0n) is 12.1. The lowest BCUT2D eigenvalue weighted by molar-refractivity contribution is -0.136. The number of ether oxygens (including phenoxy) is 1. The standard InChI is InChI=1S/C16H22N2O2/c1-17-14-10-20-9-13(14)16(19)18(2)15-8-7-11-5-3-4-6-12(11)15/h3-6,13-15,17H,7-10H2,1-2H3. The Balaban J connectivity index is 1.76. The van der Waals surface area contributed by atoms with E-state index in [2.05, 4.69) is 29.6 Å². The lowest BCUT2D eigenvalue weighted by atomic mass is 10.00. The number of carbonyl (C=O) groups is 1. The van der Waals surface area contributed by atoms with Crippen molar-refractivity contribution in [2.45, 2.75) is 24.9 Å². The van der Waals surface area contributed by atoms with Gasteiger partial charge in [0, 0.05) is 13.1 Å². The minimum absolute atomic E-state index is 0.0576. The Morgan fingerprint density at radius 3 is 2.95 bits per heavy atom. The highest BCUT2D eigenvalue weighted by atomic mass is 16.5. The molecule has 1 aliphatic heterocycles. The number of rotatable bonds is 3. The quantitative estimate of drug-likeness (QED) is 0.905. The van der Waals surface area contributed by atoms with Gasteiger partial charge in [-0.25, -0.2) is 0 Å². The molecular weight excluding hydrogens is 252 g/mol. The molecule has 1 N–H and O–H groups in total. The number of hydrogen-bond acceptors (Lipinski definition) is 3. The monoisotopic (exact) mass is 274 g/mol. The van der Waals surface area contributed by atoms with Gasteiger partial charge >= 0.3 is 0 Å². The van der Waals surface area contributed by atoms with Crippen LogP contribution in [0.5, 0.6) is 0 Å². The Morgan fingerprint density at radius 1 is 1.35 bits per heavy atom. The van der Waals surface area contributed by atoms with E-state index in [1.54, 1.807) is 0 Å². The predicted octanol–water partition coefficient (Wildman–Crippen LogP) is 1.37. The second kappa shape index (κ2) is 5.54. The van der Waals surface area contributed by atoms with Crippen molar-refractivity contribution in [1.82, 2.24) is 10.2 Å². The second-order valence-corrected chi connectivity index (χ2v) is 5.74. The molecule has 0 saturated carbocycles. The van der Waals surface area contributed by atoms with Gasteiger partial charge in [0.1, 0.15) is 0 Å². The Bertz CT molecular complexity index is 503. The number of aryl methyl sites for hydroxylation is 1. The molecule has 4 heteroatoms. The zero-order valence-corrected chi connectivity index (χ0v) is 12.1. The molecule has 0 aromatic heterocycles. The van der Waals surface area contributed by atoms with Gasteiger partial charge < -0.3 is 15.0 Å². The molecule has 1 saturated heterocycles. The number of likely N-dealkylation sites (N-methyl/N-ethyl adjacent to an activating group) is 1. The Labute approximate surface area is 120 Å². The largest absolute Gasteiger partial charge is 0.379 e. The fourth-order valence-corrected chi connectivity index (χ4v) is 3.43. The summed E-state index contributed by atoms with van der Waals surface area (Å²) in [6, 6.07) is 8.81. The third-order valence-electron chi connectivity index (χ3n) is 4.68. The van der Waals surface area contributed by atoms with Crippen LogP contribution in [-0.2, 0) is 16.0 Å². The summed E-state index contributed by atoms with van der Waals surface area (Å²) in [5, 5.41) is 3.19. The molecule has 1 amide bonds. The van der Waals surface area contributed by atoms with Crippen molar-refractivity contribution < 1.29 is 9.53 Å². The van der Waals surface area contributed by atoms with E-state index in [0.717, 1.165) is 12.8 Å². The van der Waals surface area contributed by atoms with Gasteiger partial charge in [0.15, 0.2) is 0 Å². The maximum absolute atomic E-state index is 12.7. The summed E-state index contributed by atoms with van der Waals surface area (Å²) < 4.78 is 5.45. The predicted molar refractivity (Wildman–Crippen MR) is 77.4 cm³/mol.